The summed E-state index contributed by atoms with van der Waals surface area (Å²) in [6, 6.07) is 11.0. The first-order chi connectivity index (χ1) is 13.4. The average molecular weight is 381 g/mol. The van der Waals surface area contributed by atoms with Gasteiger partial charge in [0.1, 0.15) is 5.75 Å². The number of urea groups is 1. The van der Waals surface area contributed by atoms with E-state index < -0.39 is 0 Å². The highest BCUT2D eigenvalue weighted by Gasteiger charge is 2.31. The number of ether oxygens (including phenoxy) is 1. The molecular formula is C22H27N3O3. The molecule has 0 saturated carbocycles. The normalized spacial score (nSPS) is 16.2. The number of nitrogens with one attached hydrogen (secondary N) is 2. The molecule has 1 heterocycles. The first-order valence-corrected chi connectivity index (χ1v) is 9.56. The van der Waals surface area contributed by atoms with Gasteiger partial charge in [0, 0.05) is 24.3 Å². The first kappa shape index (κ1) is 19.7. The maximum Gasteiger partial charge on any atom is 0.319 e. The number of nitrogens with zero attached hydrogens (tertiary/aromatic N) is 1. The lowest BCUT2D eigenvalue weighted by molar-refractivity contribution is -0.117. The Morgan fingerprint density at radius 2 is 1.79 bits per heavy atom. The molecule has 6 nitrogen and oxygen atoms in total. The van der Waals surface area contributed by atoms with Crippen molar-refractivity contribution in [2.75, 3.05) is 23.4 Å². The van der Waals surface area contributed by atoms with Gasteiger partial charge in [0.25, 0.3) is 0 Å². The molecule has 1 aliphatic heterocycles. The maximum atomic E-state index is 12.5. The third-order valence-corrected chi connectivity index (χ3v) is 4.84. The average Bonchev–Trinajstić information content (AvgIpc) is 2.99. The molecular weight excluding hydrogens is 354 g/mol. The minimum atomic E-state index is -0.290. The minimum absolute atomic E-state index is 0.00263. The molecule has 1 atom stereocenters. The van der Waals surface area contributed by atoms with Gasteiger partial charge < -0.3 is 20.3 Å². The number of amides is 3. The van der Waals surface area contributed by atoms with Crippen molar-refractivity contribution < 1.29 is 14.3 Å². The molecule has 0 bridgehead atoms. The van der Waals surface area contributed by atoms with Gasteiger partial charge in [0.2, 0.25) is 5.91 Å². The van der Waals surface area contributed by atoms with Crippen LogP contribution in [0.3, 0.4) is 0 Å². The van der Waals surface area contributed by atoms with Gasteiger partial charge in [-0.1, -0.05) is 17.7 Å². The second kappa shape index (κ2) is 8.33. The van der Waals surface area contributed by atoms with Crippen molar-refractivity contribution in [3.63, 3.8) is 0 Å². The second-order valence-electron chi connectivity index (χ2n) is 7.20. The zero-order chi connectivity index (χ0) is 20.3. The van der Waals surface area contributed by atoms with E-state index in [2.05, 4.69) is 10.6 Å². The Hall–Kier alpha value is -3.02. The van der Waals surface area contributed by atoms with E-state index in [1.165, 1.54) is 0 Å². The van der Waals surface area contributed by atoms with Crippen LogP contribution in [-0.4, -0.2) is 31.1 Å². The van der Waals surface area contributed by atoms with Crippen molar-refractivity contribution in [2.24, 2.45) is 0 Å². The van der Waals surface area contributed by atoms with E-state index in [0.29, 0.717) is 13.2 Å². The van der Waals surface area contributed by atoms with Gasteiger partial charge in [0.15, 0.2) is 0 Å². The zero-order valence-electron chi connectivity index (χ0n) is 16.8. The number of carbonyl (C=O) groups excluding carboxylic acids is 2. The van der Waals surface area contributed by atoms with Crippen LogP contribution in [0.15, 0.2) is 36.4 Å². The van der Waals surface area contributed by atoms with Gasteiger partial charge in [-0.05, 0) is 63.1 Å². The fourth-order valence-corrected chi connectivity index (χ4v) is 3.65. The van der Waals surface area contributed by atoms with Crippen LogP contribution in [0.1, 0.15) is 30.0 Å². The number of aryl methyl sites for hydroxylation is 3. The summed E-state index contributed by atoms with van der Waals surface area (Å²) < 4.78 is 5.44. The quantitative estimate of drug-likeness (QED) is 0.824. The third kappa shape index (κ3) is 4.44. The molecule has 0 unspecified atom stereocenters. The molecule has 1 aliphatic rings. The number of rotatable bonds is 5. The summed E-state index contributed by atoms with van der Waals surface area (Å²) in [5.74, 6) is 0.771. The molecule has 1 saturated heterocycles. The summed E-state index contributed by atoms with van der Waals surface area (Å²) in [5.41, 5.74) is 4.82. The Morgan fingerprint density at radius 3 is 2.39 bits per heavy atom. The molecule has 2 N–H and O–H groups in total. The molecule has 6 heteroatoms. The molecule has 2 aromatic rings. The van der Waals surface area contributed by atoms with E-state index in [9.17, 15) is 9.59 Å². The van der Waals surface area contributed by atoms with Crippen LogP contribution in [0.25, 0.3) is 0 Å². The van der Waals surface area contributed by atoms with Gasteiger partial charge in [-0.25, -0.2) is 4.79 Å². The van der Waals surface area contributed by atoms with Crippen LogP contribution in [0, 0.1) is 20.8 Å². The molecule has 3 rings (SSSR count). The standard InChI is InChI=1S/C22H27N3O3/c1-5-28-19-8-6-18(7-9-19)25-13-17(12-20(25)26)23-22(27)24-21-15(3)10-14(2)11-16(21)4/h6-11,17H,5,12-13H2,1-4H3,(H2,23,24,27)/t17-/m0/s1. The van der Waals surface area contributed by atoms with E-state index in [4.69, 9.17) is 4.74 Å². The lowest BCUT2D eigenvalue weighted by Crippen LogP contribution is -2.40. The minimum Gasteiger partial charge on any atom is -0.494 e. The summed E-state index contributed by atoms with van der Waals surface area (Å²) in [5, 5.41) is 5.85. The fraction of sp³-hybridized carbons (Fsp3) is 0.364. The lowest BCUT2D eigenvalue weighted by Gasteiger charge is -2.18. The zero-order valence-corrected chi connectivity index (χ0v) is 16.8. The molecule has 28 heavy (non-hydrogen) atoms. The van der Waals surface area contributed by atoms with Crippen molar-refractivity contribution in [3.8, 4) is 5.75 Å². The van der Waals surface area contributed by atoms with Crippen LogP contribution in [-0.2, 0) is 4.79 Å². The number of carbonyl (C=O) groups is 2. The highest BCUT2D eigenvalue weighted by Crippen LogP contribution is 2.25. The fourth-order valence-electron chi connectivity index (χ4n) is 3.65. The van der Waals surface area contributed by atoms with Gasteiger partial charge >= 0.3 is 6.03 Å². The molecule has 0 aromatic heterocycles. The van der Waals surface area contributed by atoms with Gasteiger partial charge in [-0.15, -0.1) is 0 Å². The van der Waals surface area contributed by atoms with Crippen molar-refractivity contribution in [1.29, 1.82) is 0 Å². The van der Waals surface area contributed by atoms with Gasteiger partial charge in [0.05, 0.1) is 12.6 Å². The van der Waals surface area contributed by atoms with E-state index in [-0.39, 0.29) is 24.4 Å². The summed E-state index contributed by atoms with van der Waals surface area (Å²) in [4.78, 5) is 26.6. The van der Waals surface area contributed by atoms with Gasteiger partial charge in [-0.3, -0.25) is 4.79 Å². The molecule has 0 spiro atoms. The third-order valence-electron chi connectivity index (χ3n) is 4.84. The van der Waals surface area contributed by atoms with E-state index in [1.54, 1.807) is 4.90 Å². The summed E-state index contributed by atoms with van der Waals surface area (Å²) in [7, 11) is 0. The Bertz CT molecular complexity index is 854. The Labute approximate surface area is 165 Å². The molecule has 148 valence electrons. The van der Waals surface area contributed by atoms with Crippen molar-refractivity contribution in [3.05, 3.63) is 53.1 Å². The van der Waals surface area contributed by atoms with E-state index in [1.807, 2.05) is 64.1 Å². The van der Waals surface area contributed by atoms with Crippen molar-refractivity contribution in [2.45, 2.75) is 40.2 Å². The molecule has 2 aromatic carbocycles. The summed E-state index contributed by atoms with van der Waals surface area (Å²) in [6.45, 7) is 8.96. The largest absolute Gasteiger partial charge is 0.494 e. The summed E-state index contributed by atoms with van der Waals surface area (Å²) in [6.07, 6.45) is 0.284. The predicted octanol–water partition coefficient (Wildman–Crippen LogP) is 3.94. The number of benzene rings is 2. The van der Waals surface area contributed by atoms with Crippen molar-refractivity contribution >= 4 is 23.3 Å². The summed E-state index contributed by atoms with van der Waals surface area (Å²) >= 11 is 0. The smallest absolute Gasteiger partial charge is 0.319 e. The maximum absolute atomic E-state index is 12.5. The Kier molecular flexibility index (Phi) is 5.87. The Morgan fingerprint density at radius 1 is 1.14 bits per heavy atom. The topological polar surface area (TPSA) is 70.7 Å². The highest BCUT2D eigenvalue weighted by atomic mass is 16.5. The van der Waals surface area contributed by atoms with Gasteiger partial charge in [-0.2, -0.15) is 0 Å². The van der Waals surface area contributed by atoms with Crippen LogP contribution >= 0.6 is 0 Å². The number of hydrogen-bond acceptors (Lipinski definition) is 3. The Balaban J connectivity index is 1.61. The molecule has 3 amide bonds. The lowest BCUT2D eigenvalue weighted by atomic mass is 10.1. The van der Waals surface area contributed by atoms with E-state index >= 15 is 0 Å². The SMILES string of the molecule is CCOc1ccc(N2C[C@@H](NC(=O)Nc3c(C)cc(C)cc3C)CC2=O)cc1. The van der Waals surface area contributed by atoms with Crippen LogP contribution in [0.4, 0.5) is 16.2 Å². The van der Waals surface area contributed by atoms with Crippen LogP contribution in [0.5, 0.6) is 5.75 Å². The number of anilines is 2. The monoisotopic (exact) mass is 381 g/mol. The highest BCUT2D eigenvalue weighted by molar-refractivity contribution is 5.98. The predicted molar refractivity (Wildman–Crippen MR) is 111 cm³/mol. The van der Waals surface area contributed by atoms with Crippen LogP contribution < -0.4 is 20.3 Å². The molecule has 0 aliphatic carbocycles. The molecule has 0 radical (unpaired) electrons. The molecule has 1 fully saturated rings. The number of hydrogen-bond donors (Lipinski definition) is 2. The first-order valence-electron chi connectivity index (χ1n) is 9.56. The van der Waals surface area contributed by atoms with Crippen molar-refractivity contribution in [1.82, 2.24) is 5.32 Å². The second-order valence-corrected chi connectivity index (χ2v) is 7.20. The van der Waals surface area contributed by atoms with Crippen LogP contribution in [0.2, 0.25) is 0 Å². The van der Waals surface area contributed by atoms with E-state index in [0.717, 1.165) is 33.8 Å².